The summed E-state index contributed by atoms with van der Waals surface area (Å²) in [6.45, 7) is 1.14. The number of carbonyl (C=O) groups is 1. The summed E-state index contributed by atoms with van der Waals surface area (Å²) >= 11 is 0. The van der Waals surface area contributed by atoms with E-state index >= 15 is 0 Å². The fraction of sp³-hybridized carbons (Fsp3) is 0.375. The zero-order chi connectivity index (χ0) is 24.5. The molecule has 2 fully saturated rings. The van der Waals surface area contributed by atoms with E-state index in [1.165, 1.54) is 11.0 Å². The van der Waals surface area contributed by atoms with Gasteiger partial charge in [0.25, 0.3) is 0 Å². The minimum atomic E-state index is -4.41. The van der Waals surface area contributed by atoms with Crippen molar-refractivity contribution in [3.63, 3.8) is 0 Å². The number of rotatable bonds is 5. The van der Waals surface area contributed by atoms with Crippen LogP contribution in [-0.4, -0.2) is 45.2 Å². The first-order valence-electron chi connectivity index (χ1n) is 11.3. The molecule has 0 radical (unpaired) electrons. The zero-order valence-corrected chi connectivity index (χ0v) is 19.9. The summed E-state index contributed by atoms with van der Waals surface area (Å²) in [5.41, 5.74) is -0.491. The van der Waals surface area contributed by atoms with Crippen LogP contribution in [0.25, 0.3) is 11.3 Å². The number of halogens is 4. The highest BCUT2D eigenvalue weighted by molar-refractivity contribution is 5.89. The van der Waals surface area contributed by atoms with Crippen LogP contribution in [0.15, 0.2) is 54.7 Å². The molecule has 2 aliphatic rings. The van der Waals surface area contributed by atoms with Gasteiger partial charge in [-0.05, 0) is 68.0 Å². The topological polar surface area (TPSA) is 93.1 Å². The van der Waals surface area contributed by atoms with Crippen LogP contribution in [0.1, 0.15) is 31.2 Å². The molecule has 3 aromatic rings. The highest BCUT2D eigenvalue weighted by atomic mass is 35.5. The second kappa shape index (κ2) is 10.3. The molecule has 1 spiro atoms. The van der Waals surface area contributed by atoms with Gasteiger partial charge in [-0.15, -0.1) is 27.7 Å². The molecule has 36 heavy (non-hydrogen) atoms. The highest BCUT2D eigenvalue weighted by Crippen LogP contribution is 2.40. The number of aromatic nitrogens is 4. The molecular formula is C24H24ClF3N6O2. The fourth-order valence-electron chi connectivity index (χ4n) is 4.59. The van der Waals surface area contributed by atoms with Gasteiger partial charge in [-0.25, -0.2) is 4.79 Å². The number of ether oxygens (including phenoxy) is 1. The van der Waals surface area contributed by atoms with Gasteiger partial charge < -0.3 is 10.1 Å². The first kappa shape index (κ1) is 25.6. The first-order chi connectivity index (χ1) is 16.8. The van der Waals surface area contributed by atoms with Gasteiger partial charge in [0.1, 0.15) is 11.4 Å². The predicted molar refractivity (Wildman–Crippen MR) is 129 cm³/mol. The monoisotopic (exact) mass is 520 g/mol. The molecule has 1 saturated heterocycles. The van der Waals surface area contributed by atoms with Crippen molar-refractivity contribution in [3.05, 3.63) is 60.3 Å². The minimum Gasteiger partial charge on any atom is -0.441 e. The summed E-state index contributed by atoms with van der Waals surface area (Å²) in [7, 11) is 0. The van der Waals surface area contributed by atoms with Crippen LogP contribution < -0.4 is 10.2 Å². The van der Waals surface area contributed by atoms with E-state index in [2.05, 4.69) is 25.7 Å². The van der Waals surface area contributed by atoms with E-state index in [1.807, 2.05) is 0 Å². The van der Waals surface area contributed by atoms with Crippen LogP contribution >= 0.6 is 12.4 Å². The molecule has 190 valence electrons. The molecule has 1 aliphatic heterocycles. The number of hydrogen-bond acceptors (Lipinski definition) is 7. The van der Waals surface area contributed by atoms with E-state index in [0.29, 0.717) is 41.9 Å². The van der Waals surface area contributed by atoms with Crippen LogP contribution in [0.5, 0.6) is 0 Å². The predicted octanol–water partition coefficient (Wildman–Crippen LogP) is 5.37. The van der Waals surface area contributed by atoms with Gasteiger partial charge >= 0.3 is 12.3 Å². The lowest BCUT2D eigenvalue weighted by molar-refractivity contribution is -0.137. The van der Waals surface area contributed by atoms with Crippen LogP contribution in [0.2, 0.25) is 0 Å². The second-order valence-corrected chi connectivity index (χ2v) is 8.93. The van der Waals surface area contributed by atoms with Crippen LogP contribution in [0, 0.1) is 5.92 Å². The van der Waals surface area contributed by atoms with E-state index in [9.17, 15) is 18.0 Å². The summed E-state index contributed by atoms with van der Waals surface area (Å²) in [5.74, 6) is 1.42. The Hall–Kier alpha value is -3.47. The number of hydrogen-bond donors (Lipinski definition) is 1. The Bertz CT molecular complexity index is 1190. The smallest absolute Gasteiger partial charge is 0.416 e. The minimum absolute atomic E-state index is 0. The SMILES string of the molecule is Cl.O=C1OC2(CCC(CNc3ccc(-c4cccc(C(F)(F)F)c4)nn3)CC2)CN1c1cccnn1. The summed E-state index contributed by atoms with van der Waals surface area (Å²) in [6.07, 6.45) is 0.0213. The quantitative estimate of drug-likeness (QED) is 0.483. The molecule has 1 N–H and O–H groups in total. The number of nitrogens with one attached hydrogen (secondary N) is 1. The lowest BCUT2D eigenvalue weighted by atomic mass is 9.78. The van der Waals surface area contributed by atoms with Gasteiger partial charge in [-0.3, -0.25) is 4.90 Å². The Morgan fingerprint density at radius 2 is 1.86 bits per heavy atom. The number of anilines is 2. The first-order valence-corrected chi connectivity index (χ1v) is 11.3. The lowest BCUT2D eigenvalue weighted by Gasteiger charge is -2.35. The number of nitrogens with zero attached hydrogens (tertiary/aromatic N) is 5. The maximum Gasteiger partial charge on any atom is 0.416 e. The van der Waals surface area contributed by atoms with Gasteiger partial charge in [0, 0.05) is 18.3 Å². The average Bonchev–Trinajstić information content (AvgIpc) is 3.19. The van der Waals surface area contributed by atoms with E-state index in [1.54, 1.807) is 36.5 Å². The summed E-state index contributed by atoms with van der Waals surface area (Å²) in [4.78, 5) is 13.9. The van der Waals surface area contributed by atoms with Crippen molar-refractivity contribution < 1.29 is 22.7 Å². The van der Waals surface area contributed by atoms with E-state index in [-0.39, 0.29) is 12.4 Å². The Labute approximate surface area is 211 Å². The van der Waals surface area contributed by atoms with Crippen molar-refractivity contribution in [2.45, 2.75) is 37.5 Å². The molecule has 1 amide bonds. The maximum absolute atomic E-state index is 13.0. The van der Waals surface area contributed by atoms with Crippen molar-refractivity contribution in [2.75, 3.05) is 23.3 Å². The zero-order valence-electron chi connectivity index (χ0n) is 19.1. The lowest BCUT2D eigenvalue weighted by Crippen LogP contribution is -2.39. The standard InChI is InChI=1S/C24H23F3N6O2.ClH/c25-24(26,27)18-4-1-3-17(13-18)19-6-7-20(31-30-19)28-14-16-8-10-23(11-9-16)15-33(22(34)35-23)21-5-2-12-29-32-21;/h1-7,12-13,16H,8-11,14-15H2,(H,28,31);1H. The molecule has 1 saturated carbocycles. The van der Waals surface area contributed by atoms with Crippen molar-refractivity contribution in [3.8, 4) is 11.3 Å². The Kier molecular flexibility index (Phi) is 7.30. The summed E-state index contributed by atoms with van der Waals surface area (Å²) in [5, 5.41) is 19.3. The number of carbonyl (C=O) groups excluding carboxylic acids is 1. The van der Waals surface area contributed by atoms with E-state index in [4.69, 9.17) is 4.74 Å². The number of amides is 1. The maximum atomic E-state index is 13.0. The molecule has 8 nitrogen and oxygen atoms in total. The summed E-state index contributed by atoms with van der Waals surface area (Å²) < 4.78 is 44.6. The molecule has 3 heterocycles. The van der Waals surface area contributed by atoms with Crippen molar-refractivity contribution >= 4 is 30.1 Å². The molecule has 5 rings (SSSR count). The third-order valence-corrected chi connectivity index (χ3v) is 6.54. The molecule has 0 atom stereocenters. The number of benzene rings is 1. The van der Waals surface area contributed by atoms with Gasteiger partial charge in [0.2, 0.25) is 0 Å². The van der Waals surface area contributed by atoms with Crippen molar-refractivity contribution in [2.24, 2.45) is 5.92 Å². The number of alkyl halides is 3. The van der Waals surface area contributed by atoms with E-state index < -0.39 is 23.4 Å². The molecule has 1 aromatic carbocycles. The van der Waals surface area contributed by atoms with Crippen LogP contribution in [0.3, 0.4) is 0 Å². The van der Waals surface area contributed by atoms with Gasteiger partial charge in [-0.1, -0.05) is 12.1 Å². The third kappa shape index (κ3) is 5.51. The molecular weight excluding hydrogens is 497 g/mol. The van der Waals surface area contributed by atoms with Crippen molar-refractivity contribution in [1.82, 2.24) is 20.4 Å². The molecule has 2 aromatic heterocycles. The van der Waals surface area contributed by atoms with Gasteiger partial charge in [0.05, 0.1) is 17.8 Å². The second-order valence-electron chi connectivity index (χ2n) is 8.93. The molecule has 1 aliphatic carbocycles. The Morgan fingerprint density at radius 1 is 1.06 bits per heavy atom. The summed E-state index contributed by atoms with van der Waals surface area (Å²) in [6, 6.07) is 11.9. The van der Waals surface area contributed by atoms with Crippen molar-refractivity contribution in [1.29, 1.82) is 0 Å². The Morgan fingerprint density at radius 3 is 2.53 bits per heavy atom. The molecule has 12 heteroatoms. The van der Waals surface area contributed by atoms with Crippen LogP contribution in [0.4, 0.5) is 29.6 Å². The third-order valence-electron chi connectivity index (χ3n) is 6.54. The molecule has 0 unspecified atom stereocenters. The van der Waals surface area contributed by atoms with Gasteiger partial charge in [-0.2, -0.15) is 18.3 Å². The molecule has 0 bridgehead atoms. The average molecular weight is 521 g/mol. The van der Waals surface area contributed by atoms with Crippen LogP contribution in [-0.2, 0) is 10.9 Å². The van der Waals surface area contributed by atoms with E-state index in [0.717, 1.165) is 37.8 Å². The van der Waals surface area contributed by atoms with Gasteiger partial charge in [0.15, 0.2) is 5.82 Å². The normalized spacial score (nSPS) is 21.7. The fourth-order valence-corrected chi connectivity index (χ4v) is 4.59. The highest BCUT2D eigenvalue weighted by Gasteiger charge is 2.48. The largest absolute Gasteiger partial charge is 0.441 e. The Balaban J connectivity index is 0.00000304.